The lowest BCUT2D eigenvalue weighted by atomic mass is 10.1. The van der Waals surface area contributed by atoms with Crippen LogP contribution in [0.15, 0.2) is 4.99 Å². The van der Waals surface area contributed by atoms with Gasteiger partial charge < -0.3 is 4.90 Å². The van der Waals surface area contributed by atoms with E-state index >= 15 is 0 Å². The number of aliphatic imine (C=N–C) groups is 1. The summed E-state index contributed by atoms with van der Waals surface area (Å²) in [5.74, 6) is 7.15. The number of nitrogens with zero attached hydrogens (tertiary/aromatic N) is 2. The fourth-order valence-corrected chi connectivity index (χ4v) is 2.45. The summed E-state index contributed by atoms with van der Waals surface area (Å²) in [6, 6.07) is 0.629. The van der Waals surface area contributed by atoms with Gasteiger partial charge in [-0.25, -0.2) is 5.84 Å². The molecule has 1 fully saturated rings. The van der Waals surface area contributed by atoms with Gasteiger partial charge in [0.25, 0.3) is 0 Å². The molecule has 0 spiro atoms. The molecule has 0 heterocycles. The van der Waals surface area contributed by atoms with Gasteiger partial charge in [0, 0.05) is 19.1 Å². The fourth-order valence-electron chi connectivity index (χ4n) is 2.45. The monoisotopic (exact) mass is 240 g/mol. The molecule has 0 atom stereocenters. The van der Waals surface area contributed by atoms with E-state index in [4.69, 9.17) is 5.84 Å². The predicted octanol–water partition coefficient (Wildman–Crippen LogP) is 2.12. The normalized spacial score (nSPS) is 17.8. The van der Waals surface area contributed by atoms with Crippen molar-refractivity contribution in [1.29, 1.82) is 0 Å². The van der Waals surface area contributed by atoms with Crippen LogP contribution in [-0.4, -0.2) is 30.0 Å². The maximum absolute atomic E-state index is 5.64. The minimum atomic E-state index is 0.629. The molecule has 0 bridgehead atoms. The third-order valence-corrected chi connectivity index (χ3v) is 3.21. The van der Waals surface area contributed by atoms with Crippen LogP contribution in [-0.2, 0) is 0 Å². The fraction of sp³-hybridized carbons (Fsp3) is 0.923. The van der Waals surface area contributed by atoms with Crippen LogP contribution in [0.1, 0.15) is 52.9 Å². The van der Waals surface area contributed by atoms with Crippen molar-refractivity contribution in [2.24, 2.45) is 16.8 Å². The molecule has 100 valence electrons. The molecular formula is C13H28N4. The van der Waals surface area contributed by atoms with Gasteiger partial charge in [-0.05, 0) is 25.2 Å². The minimum absolute atomic E-state index is 0.629. The summed E-state index contributed by atoms with van der Waals surface area (Å²) in [4.78, 5) is 6.95. The smallest absolute Gasteiger partial charge is 0.208 e. The quantitative estimate of drug-likeness (QED) is 0.335. The molecular weight excluding hydrogens is 212 g/mol. The van der Waals surface area contributed by atoms with Crippen molar-refractivity contribution >= 4 is 5.96 Å². The molecule has 4 nitrogen and oxygen atoms in total. The molecule has 1 aliphatic rings. The second kappa shape index (κ2) is 7.54. The zero-order valence-electron chi connectivity index (χ0n) is 11.6. The maximum atomic E-state index is 5.64. The lowest BCUT2D eigenvalue weighted by Gasteiger charge is -2.33. The van der Waals surface area contributed by atoms with Crippen LogP contribution in [0, 0.1) is 5.92 Å². The number of rotatable bonds is 5. The first-order valence-corrected chi connectivity index (χ1v) is 6.96. The van der Waals surface area contributed by atoms with Crippen molar-refractivity contribution in [3.8, 4) is 0 Å². The van der Waals surface area contributed by atoms with Crippen LogP contribution in [0.4, 0.5) is 0 Å². The highest BCUT2D eigenvalue weighted by Crippen LogP contribution is 2.24. The molecule has 1 rings (SSSR count). The van der Waals surface area contributed by atoms with E-state index in [1.165, 1.54) is 25.7 Å². The van der Waals surface area contributed by atoms with E-state index in [-0.39, 0.29) is 0 Å². The molecule has 0 radical (unpaired) electrons. The zero-order valence-corrected chi connectivity index (χ0v) is 11.6. The van der Waals surface area contributed by atoms with Gasteiger partial charge in [0.1, 0.15) is 0 Å². The van der Waals surface area contributed by atoms with E-state index in [1.807, 2.05) is 0 Å². The number of nitrogens with two attached hydrogens (primary N) is 1. The number of guanidine groups is 1. The van der Waals surface area contributed by atoms with Crippen molar-refractivity contribution < 1.29 is 0 Å². The first-order chi connectivity index (χ1) is 8.19. The highest BCUT2D eigenvalue weighted by molar-refractivity contribution is 5.79. The molecule has 0 aromatic heterocycles. The van der Waals surface area contributed by atoms with E-state index in [0.29, 0.717) is 12.0 Å². The molecule has 1 aliphatic carbocycles. The van der Waals surface area contributed by atoms with Gasteiger partial charge in [0.05, 0.1) is 0 Å². The highest BCUT2D eigenvalue weighted by Gasteiger charge is 2.25. The number of hydrogen-bond acceptors (Lipinski definition) is 2. The summed E-state index contributed by atoms with van der Waals surface area (Å²) in [7, 11) is 0. The van der Waals surface area contributed by atoms with Gasteiger partial charge in [-0.1, -0.05) is 33.6 Å². The van der Waals surface area contributed by atoms with Crippen LogP contribution in [0.25, 0.3) is 0 Å². The molecule has 1 saturated carbocycles. The van der Waals surface area contributed by atoms with Crippen LogP contribution in [0.3, 0.4) is 0 Å². The lowest BCUT2D eigenvalue weighted by Crippen LogP contribution is -2.50. The van der Waals surface area contributed by atoms with Crippen molar-refractivity contribution in [3.63, 3.8) is 0 Å². The van der Waals surface area contributed by atoms with Crippen molar-refractivity contribution in [3.05, 3.63) is 0 Å². The largest absolute Gasteiger partial charge is 0.339 e. The van der Waals surface area contributed by atoms with Crippen molar-refractivity contribution in [2.75, 3.05) is 13.1 Å². The topological polar surface area (TPSA) is 53.6 Å². The third kappa shape index (κ3) is 4.54. The van der Waals surface area contributed by atoms with Crippen LogP contribution in [0.2, 0.25) is 0 Å². The average molecular weight is 240 g/mol. The average Bonchev–Trinajstić information content (AvgIpc) is 2.81. The molecule has 4 heteroatoms. The first kappa shape index (κ1) is 14.3. The van der Waals surface area contributed by atoms with Gasteiger partial charge >= 0.3 is 0 Å². The van der Waals surface area contributed by atoms with Gasteiger partial charge in [0.2, 0.25) is 5.96 Å². The van der Waals surface area contributed by atoms with Crippen LogP contribution in [0.5, 0.6) is 0 Å². The molecule has 0 saturated heterocycles. The summed E-state index contributed by atoms with van der Waals surface area (Å²) in [5.41, 5.74) is 2.80. The summed E-state index contributed by atoms with van der Waals surface area (Å²) in [6.45, 7) is 8.52. The third-order valence-electron chi connectivity index (χ3n) is 3.21. The first-order valence-electron chi connectivity index (χ1n) is 6.96. The molecule has 0 unspecified atom stereocenters. The SMILES string of the molecule is CCCN=C(NN)N(CC(C)C)C1CCCC1. The molecule has 0 aromatic carbocycles. The Morgan fingerprint density at radius 2 is 2.06 bits per heavy atom. The van der Waals surface area contributed by atoms with Crippen LogP contribution < -0.4 is 11.3 Å². The lowest BCUT2D eigenvalue weighted by molar-refractivity contribution is 0.274. The van der Waals surface area contributed by atoms with Gasteiger partial charge in [0.15, 0.2) is 0 Å². The molecule has 0 amide bonds. The molecule has 3 N–H and O–H groups in total. The van der Waals surface area contributed by atoms with E-state index in [2.05, 4.69) is 36.1 Å². The summed E-state index contributed by atoms with van der Waals surface area (Å²) < 4.78 is 0. The van der Waals surface area contributed by atoms with Crippen molar-refractivity contribution in [1.82, 2.24) is 10.3 Å². The van der Waals surface area contributed by atoms with E-state index in [0.717, 1.165) is 25.5 Å². The predicted molar refractivity (Wildman–Crippen MR) is 73.7 cm³/mol. The zero-order chi connectivity index (χ0) is 12.7. The van der Waals surface area contributed by atoms with E-state index in [9.17, 15) is 0 Å². The highest BCUT2D eigenvalue weighted by atomic mass is 15.4. The summed E-state index contributed by atoms with van der Waals surface area (Å²) >= 11 is 0. The Morgan fingerprint density at radius 1 is 1.41 bits per heavy atom. The Hall–Kier alpha value is -0.770. The van der Waals surface area contributed by atoms with Gasteiger partial charge in [-0.2, -0.15) is 0 Å². The summed E-state index contributed by atoms with van der Waals surface area (Å²) in [5, 5.41) is 0. The second-order valence-corrected chi connectivity index (χ2v) is 5.33. The van der Waals surface area contributed by atoms with E-state index in [1.54, 1.807) is 0 Å². The van der Waals surface area contributed by atoms with Gasteiger partial charge in [-0.15, -0.1) is 0 Å². The minimum Gasteiger partial charge on any atom is -0.339 e. The second-order valence-electron chi connectivity index (χ2n) is 5.33. The standard InChI is InChI=1S/C13H28N4/c1-4-9-15-13(16-14)17(10-11(2)3)12-7-5-6-8-12/h11-12H,4-10,14H2,1-3H3,(H,15,16). The maximum Gasteiger partial charge on any atom is 0.208 e. The van der Waals surface area contributed by atoms with Gasteiger partial charge in [-0.3, -0.25) is 10.4 Å². The number of hydrogen-bond donors (Lipinski definition) is 2. The Bertz CT molecular complexity index is 232. The Morgan fingerprint density at radius 3 is 2.53 bits per heavy atom. The van der Waals surface area contributed by atoms with E-state index < -0.39 is 0 Å². The van der Waals surface area contributed by atoms with Crippen molar-refractivity contribution in [2.45, 2.75) is 58.9 Å². The Labute approximate surface area is 106 Å². The summed E-state index contributed by atoms with van der Waals surface area (Å²) in [6.07, 6.45) is 6.29. The van der Waals surface area contributed by atoms with Crippen LogP contribution >= 0.6 is 0 Å². The molecule has 0 aliphatic heterocycles. The molecule has 0 aromatic rings. The molecule has 17 heavy (non-hydrogen) atoms. The Balaban J connectivity index is 2.71. The number of nitrogens with one attached hydrogen (secondary N) is 1. The Kier molecular flexibility index (Phi) is 6.34. The number of hydrazine groups is 1.